The molecule has 4 rings (SSSR count). The van der Waals surface area contributed by atoms with Crippen molar-refractivity contribution in [2.75, 3.05) is 33.8 Å². The minimum absolute atomic E-state index is 0.0145. The van der Waals surface area contributed by atoms with Crippen molar-refractivity contribution in [2.45, 2.75) is 208 Å². The van der Waals surface area contributed by atoms with Gasteiger partial charge in [0, 0.05) is 39.1 Å². The molecule has 0 aliphatic carbocycles. The van der Waals surface area contributed by atoms with E-state index in [1.54, 1.807) is 55.4 Å². The van der Waals surface area contributed by atoms with E-state index in [0.29, 0.717) is 6.54 Å². The Balaban J connectivity index is 1.82. The molecular weight excluding hydrogens is 929 g/mol. The second-order valence-electron chi connectivity index (χ2n) is 20.3. The highest BCUT2D eigenvalue weighted by Gasteiger charge is 2.58. The van der Waals surface area contributed by atoms with E-state index in [-0.39, 0.29) is 54.5 Å². The quantitative estimate of drug-likeness (QED) is 0.0964. The van der Waals surface area contributed by atoms with Crippen LogP contribution in [0, 0.1) is 17.8 Å². The van der Waals surface area contributed by atoms with Crippen LogP contribution in [0.4, 0.5) is 0 Å². The first-order valence-corrected chi connectivity index (χ1v) is 26.8. The smallest absolute Gasteiger partial charge is 0.311 e. The molecule has 0 saturated carbocycles. The first-order chi connectivity index (χ1) is 31.3. The summed E-state index contributed by atoms with van der Waals surface area (Å²) in [5.41, 5.74) is -6.48. The maximum absolute atomic E-state index is 14.5. The number of hydrogen-bond donors (Lipinski definition) is 8. The van der Waals surface area contributed by atoms with E-state index in [4.69, 9.17) is 33.6 Å². The van der Waals surface area contributed by atoms with Crippen molar-refractivity contribution in [1.82, 2.24) is 14.9 Å². The van der Waals surface area contributed by atoms with E-state index in [0.717, 1.165) is 35.0 Å². The number of hydrogen-bond acceptors (Lipinski definition) is 18. The molecule has 0 aromatic heterocycles. The number of nitrogens with zero attached hydrogens (tertiary/aromatic N) is 1. The molecule has 9 N–H and O–H groups in total. The molecule has 0 amide bonds. The predicted molar refractivity (Wildman–Crippen MR) is 251 cm³/mol. The van der Waals surface area contributed by atoms with Gasteiger partial charge in [-0.2, -0.15) is 4.31 Å². The fourth-order valence-electron chi connectivity index (χ4n) is 10.2. The Hall–Kier alpha value is -1.97. The Morgan fingerprint density at radius 3 is 2.09 bits per heavy atom. The minimum atomic E-state index is -4.37. The summed E-state index contributed by atoms with van der Waals surface area (Å²) in [7, 11) is -5.73. The zero-order valence-corrected chi connectivity index (χ0v) is 43.8. The van der Waals surface area contributed by atoms with Crippen LogP contribution in [0.3, 0.4) is 0 Å². The van der Waals surface area contributed by atoms with Crippen molar-refractivity contribution in [2.24, 2.45) is 22.9 Å². The topological polar surface area (TPSA) is 295 Å². The maximum Gasteiger partial charge on any atom is 0.311 e. The summed E-state index contributed by atoms with van der Waals surface area (Å²) in [6.45, 7) is 19.6. The molecule has 0 radical (unpaired) electrons. The zero-order chi connectivity index (χ0) is 51.5. The second kappa shape index (κ2) is 22.8. The highest BCUT2D eigenvalue weighted by atomic mass is 32.2. The van der Waals surface area contributed by atoms with E-state index < -0.39 is 128 Å². The van der Waals surface area contributed by atoms with Crippen molar-refractivity contribution in [3.63, 3.8) is 0 Å². The summed E-state index contributed by atoms with van der Waals surface area (Å²) >= 11 is 0. The number of esters is 1. The van der Waals surface area contributed by atoms with Gasteiger partial charge >= 0.3 is 5.97 Å². The molecule has 1 aromatic rings. The highest BCUT2D eigenvalue weighted by Crippen LogP contribution is 2.43. The van der Waals surface area contributed by atoms with Crippen LogP contribution in [-0.2, 0) is 53.3 Å². The number of nitrogens with one attached hydrogen (secondary N) is 2. The van der Waals surface area contributed by atoms with E-state index in [1.165, 1.54) is 21.1 Å². The van der Waals surface area contributed by atoms with Crippen molar-refractivity contribution < 1.29 is 75.6 Å². The van der Waals surface area contributed by atoms with Crippen LogP contribution in [0.15, 0.2) is 34.1 Å². The van der Waals surface area contributed by atoms with Gasteiger partial charge in [-0.15, -0.1) is 0 Å². The standard InChI is InChI=1S/C46H82N4O16S2/c1-14-20-48-25-46(56)31(8)63-36(23-44(46,10)61-13)65-38-28(5)40(43(9,54)22-26(3)24-49-30(7)39(52)45(11,55)35(15-2)64-41(53)29(38)6)66-42-37(51)34(21-27(4)62-42)50(12)68(59,60)33-18-16-32(17-19-33)67(47,57)58/h16-19,26-31,34-40,42,48-49,51-52,54-56H,14-15,20-25H2,1-13H3,(H2,47,57,58)/t26-,27-,28+,29-,30-,31+,34+,35-,36+,37-,38+,39-,40-,42+,43-,44-,45-,46+/m1/s1. The van der Waals surface area contributed by atoms with Gasteiger partial charge in [0.2, 0.25) is 20.0 Å². The normalized spacial score (nSPS) is 42.0. The number of sulfonamides is 2. The predicted octanol–water partition coefficient (Wildman–Crippen LogP) is 1.33. The summed E-state index contributed by atoms with van der Waals surface area (Å²) in [6.07, 6.45) is -10.1. The Labute approximate surface area is 404 Å². The summed E-state index contributed by atoms with van der Waals surface area (Å²) in [5.74, 6) is -3.32. The number of carbonyl (C=O) groups excluding carboxylic acids is 1. The van der Waals surface area contributed by atoms with Crippen LogP contribution in [0.2, 0.25) is 0 Å². The number of cyclic esters (lactones) is 1. The summed E-state index contributed by atoms with van der Waals surface area (Å²) in [5, 5.41) is 71.9. The van der Waals surface area contributed by atoms with Crippen molar-refractivity contribution >= 4 is 26.0 Å². The lowest BCUT2D eigenvalue weighted by Gasteiger charge is -2.53. The molecule has 3 aliphatic rings. The van der Waals surface area contributed by atoms with Crippen LogP contribution >= 0.6 is 0 Å². The number of likely N-dealkylation sites (N-methyl/N-ethyl adjacent to an activating group) is 1. The third kappa shape index (κ3) is 12.8. The average molecular weight is 1010 g/mol. The molecule has 20 nitrogen and oxygen atoms in total. The summed E-state index contributed by atoms with van der Waals surface area (Å²) in [4.78, 5) is 14.0. The van der Waals surface area contributed by atoms with Gasteiger partial charge in [0.1, 0.15) is 35.1 Å². The van der Waals surface area contributed by atoms with E-state index in [1.807, 2.05) is 13.8 Å². The molecular formula is C46H82N4O16S2. The third-order valence-electron chi connectivity index (χ3n) is 14.6. The highest BCUT2D eigenvalue weighted by molar-refractivity contribution is 7.89. The van der Waals surface area contributed by atoms with Crippen molar-refractivity contribution in [1.29, 1.82) is 0 Å². The average Bonchev–Trinajstić information content (AvgIpc) is 3.26. The SMILES string of the molecule is CCCNC[C@]1(O)[C@H](C)O[C@@H](O[C@H]2[C@H](C)[C@@H](O[C@@H]3O[C@H](C)C[C@H](N(C)S(=O)(=O)c4ccc(S(N)(=O)=O)cc4)[C@H]3O)[C@](C)(O)C[C@@H](C)CN[C@H](C)[C@@H](O)[C@](C)(O)[C@@H](CC)OC(=O)[C@@H]2C)C[C@@]1(C)OC. The molecule has 22 heteroatoms. The van der Waals surface area contributed by atoms with Crippen molar-refractivity contribution in [3.05, 3.63) is 24.3 Å². The van der Waals surface area contributed by atoms with Gasteiger partial charge in [0.15, 0.2) is 12.6 Å². The second-order valence-corrected chi connectivity index (χ2v) is 23.8. The van der Waals surface area contributed by atoms with E-state index in [2.05, 4.69) is 10.6 Å². The number of ether oxygens (including phenoxy) is 6. The van der Waals surface area contributed by atoms with Gasteiger partial charge in [-0.1, -0.05) is 27.7 Å². The number of benzene rings is 1. The lowest BCUT2D eigenvalue weighted by atomic mass is 9.75. The molecule has 18 atom stereocenters. The van der Waals surface area contributed by atoms with Crippen LogP contribution < -0.4 is 15.8 Å². The number of aliphatic hydroxyl groups is 5. The number of rotatable bonds is 14. The number of methoxy groups -OCH3 is 1. The Morgan fingerprint density at radius 1 is 0.926 bits per heavy atom. The number of primary sulfonamides is 1. The zero-order valence-electron chi connectivity index (χ0n) is 42.1. The van der Waals surface area contributed by atoms with Crippen LogP contribution in [-0.4, -0.2) is 176 Å². The third-order valence-corrected chi connectivity index (χ3v) is 17.5. The fourth-order valence-corrected chi connectivity index (χ4v) is 12.1. The van der Waals surface area contributed by atoms with Crippen molar-refractivity contribution in [3.8, 4) is 0 Å². The molecule has 3 saturated heterocycles. The molecule has 3 aliphatic heterocycles. The largest absolute Gasteiger partial charge is 0.459 e. The molecule has 68 heavy (non-hydrogen) atoms. The van der Waals surface area contributed by atoms with Gasteiger partial charge in [0.05, 0.1) is 51.8 Å². The lowest BCUT2D eigenvalue weighted by Crippen LogP contribution is -2.70. The summed E-state index contributed by atoms with van der Waals surface area (Å²) < 4.78 is 91.1. The van der Waals surface area contributed by atoms with Gasteiger partial charge in [-0.3, -0.25) is 4.79 Å². The van der Waals surface area contributed by atoms with Crippen LogP contribution in [0.5, 0.6) is 0 Å². The maximum atomic E-state index is 14.5. The van der Waals surface area contributed by atoms with Crippen LogP contribution in [0.1, 0.15) is 108 Å². The van der Waals surface area contributed by atoms with Gasteiger partial charge < -0.3 is 64.6 Å². The molecule has 1 aromatic carbocycles. The van der Waals surface area contributed by atoms with Gasteiger partial charge in [-0.05, 0) is 117 Å². The Kier molecular flexibility index (Phi) is 19.7. The van der Waals surface area contributed by atoms with Gasteiger partial charge in [-0.25, -0.2) is 22.0 Å². The molecule has 0 spiro atoms. The molecule has 0 unspecified atom stereocenters. The first kappa shape index (κ1) is 58.6. The minimum Gasteiger partial charge on any atom is -0.459 e. The van der Waals surface area contributed by atoms with Crippen LogP contribution in [0.25, 0.3) is 0 Å². The van der Waals surface area contributed by atoms with E-state index in [9.17, 15) is 47.2 Å². The monoisotopic (exact) mass is 1010 g/mol. The lowest BCUT2D eigenvalue weighted by molar-refractivity contribution is -0.336. The number of nitrogens with two attached hydrogens (primary N) is 1. The van der Waals surface area contributed by atoms with E-state index >= 15 is 0 Å². The first-order valence-electron chi connectivity index (χ1n) is 23.8. The Morgan fingerprint density at radius 2 is 1.53 bits per heavy atom. The van der Waals surface area contributed by atoms with Gasteiger partial charge in [0.25, 0.3) is 0 Å². The Bertz CT molecular complexity index is 2030. The number of carbonyl (C=O) groups is 1. The molecule has 3 fully saturated rings. The number of aliphatic hydroxyl groups excluding tert-OH is 2. The molecule has 3 heterocycles. The molecule has 394 valence electrons. The summed E-state index contributed by atoms with van der Waals surface area (Å²) in [6, 6.07) is 2.50. The molecule has 0 bridgehead atoms. The fraction of sp³-hybridized carbons (Fsp3) is 0.848.